The lowest BCUT2D eigenvalue weighted by atomic mass is 10.1. The van der Waals surface area contributed by atoms with Gasteiger partial charge < -0.3 is 14.8 Å². The van der Waals surface area contributed by atoms with Crippen LogP contribution >= 0.6 is 0 Å². The number of Topliss-reactive ketones (excluding diaryl/α,β-unsaturated/α-hetero) is 1. The summed E-state index contributed by atoms with van der Waals surface area (Å²) in [6.07, 6.45) is 1.06. The van der Waals surface area contributed by atoms with Gasteiger partial charge in [-0.1, -0.05) is 13.0 Å². The van der Waals surface area contributed by atoms with E-state index in [1.807, 2.05) is 6.92 Å². The average Bonchev–Trinajstić information content (AvgIpc) is 2.71. The Morgan fingerprint density at radius 1 is 0.929 bits per heavy atom. The van der Waals surface area contributed by atoms with E-state index in [0.29, 0.717) is 23.4 Å². The van der Waals surface area contributed by atoms with Gasteiger partial charge in [-0.25, -0.2) is 4.79 Å². The number of carbonyl (C=O) groups is 3. The van der Waals surface area contributed by atoms with E-state index in [4.69, 9.17) is 9.47 Å². The molecule has 0 radical (unpaired) electrons. The topological polar surface area (TPSA) is 81.7 Å². The summed E-state index contributed by atoms with van der Waals surface area (Å²) in [6, 6.07) is 13.4. The average molecular weight is 383 g/mol. The summed E-state index contributed by atoms with van der Waals surface area (Å²) in [5, 5.41) is 2.70. The number of rotatable bonds is 10. The van der Waals surface area contributed by atoms with E-state index in [1.165, 1.54) is 0 Å². The Morgan fingerprint density at radius 2 is 1.68 bits per heavy atom. The Kier molecular flexibility index (Phi) is 8.21. The molecule has 0 aliphatic carbocycles. The second-order valence-electron chi connectivity index (χ2n) is 6.15. The van der Waals surface area contributed by atoms with Gasteiger partial charge in [-0.2, -0.15) is 0 Å². The van der Waals surface area contributed by atoms with E-state index in [9.17, 15) is 14.4 Å². The number of anilines is 1. The van der Waals surface area contributed by atoms with E-state index in [-0.39, 0.29) is 31.1 Å². The number of ketones is 1. The molecule has 28 heavy (non-hydrogen) atoms. The fourth-order valence-electron chi connectivity index (χ4n) is 2.49. The maximum Gasteiger partial charge on any atom is 0.338 e. The first-order valence-corrected chi connectivity index (χ1v) is 9.36. The third-order valence-electron chi connectivity index (χ3n) is 3.89. The quantitative estimate of drug-likeness (QED) is 0.490. The molecule has 0 unspecified atom stereocenters. The molecule has 0 aliphatic rings. The summed E-state index contributed by atoms with van der Waals surface area (Å²) < 4.78 is 10.4. The Labute approximate surface area is 164 Å². The predicted molar refractivity (Wildman–Crippen MR) is 107 cm³/mol. The van der Waals surface area contributed by atoms with Gasteiger partial charge in [-0.05, 0) is 55.8 Å². The number of benzene rings is 2. The van der Waals surface area contributed by atoms with Gasteiger partial charge in [0.15, 0.2) is 5.78 Å². The smallest absolute Gasteiger partial charge is 0.338 e. The highest BCUT2D eigenvalue weighted by Gasteiger charge is 2.11. The molecule has 0 aromatic heterocycles. The molecule has 2 aromatic carbocycles. The standard InChI is InChI=1S/C22H25NO5/c1-3-14-28-19-10-8-16(9-11-19)20(24)12-13-21(25)23-18-7-5-6-17(15-18)22(26)27-4-2/h5-11,15H,3-4,12-14H2,1-2H3,(H,23,25). The van der Waals surface area contributed by atoms with Crippen LogP contribution in [0.2, 0.25) is 0 Å². The summed E-state index contributed by atoms with van der Waals surface area (Å²) in [6.45, 7) is 4.66. The molecule has 0 atom stereocenters. The molecule has 0 fully saturated rings. The Balaban J connectivity index is 1.86. The number of amides is 1. The SMILES string of the molecule is CCCOc1ccc(C(=O)CCC(=O)Nc2cccc(C(=O)OCC)c2)cc1. The molecule has 0 aliphatic heterocycles. The molecule has 148 valence electrons. The Bertz CT molecular complexity index is 814. The first-order chi connectivity index (χ1) is 13.5. The van der Waals surface area contributed by atoms with Crippen molar-refractivity contribution >= 4 is 23.3 Å². The molecule has 2 aromatic rings. The first kappa shape index (κ1) is 21.2. The summed E-state index contributed by atoms with van der Waals surface area (Å²) in [5.41, 5.74) is 1.39. The first-order valence-electron chi connectivity index (χ1n) is 9.36. The van der Waals surface area contributed by atoms with Gasteiger partial charge in [0, 0.05) is 24.1 Å². The maximum atomic E-state index is 12.3. The lowest BCUT2D eigenvalue weighted by Crippen LogP contribution is -2.14. The highest BCUT2D eigenvalue weighted by molar-refractivity contribution is 6.00. The zero-order chi connectivity index (χ0) is 20.4. The summed E-state index contributed by atoms with van der Waals surface area (Å²) in [5.74, 6) is -0.132. The van der Waals surface area contributed by atoms with Crippen LogP contribution < -0.4 is 10.1 Å². The van der Waals surface area contributed by atoms with Crippen LogP contribution in [0.1, 0.15) is 53.8 Å². The van der Waals surface area contributed by atoms with Crippen molar-refractivity contribution in [1.29, 1.82) is 0 Å². The monoisotopic (exact) mass is 383 g/mol. The molecule has 6 nitrogen and oxygen atoms in total. The van der Waals surface area contributed by atoms with E-state index in [2.05, 4.69) is 5.32 Å². The van der Waals surface area contributed by atoms with E-state index < -0.39 is 5.97 Å². The molecule has 1 amide bonds. The lowest BCUT2D eigenvalue weighted by Gasteiger charge is -2.08. The predicted octanol–water partition coefficient (Wildman–Crippen LogP) is 4.25. The van der Waals surface area contributed by atoms with Crippen molar-refractivity contribution in [3.05, 3.63) is 59.7 Å². The van der Waals surface area contributed by atoms with Crippen molar-refractivity contribution in [2.24, 2.45) is 0 Å². The fraction of sp³-hybridized carbons (Fsp3) is 0.318. The molecule has 1 N–H and O–H groups in total. The van der Waals surface area contributed by atoms with Gasteiger partial charge in [0.1, 0.15) is 5.75 Å². The second kappa shape index (κ2) is 10.9. The van der Waals surface area contributed by atoms with Crippen molar-refractivity contribution in [1.82, 2.24) is 0 Å². The highest BCUT2D eigenvalue weighted by Crippen LogP contribution is 2.16. The van der Waals surface area contributed by atoms with Crippen molar-refractivity contribution in [3.63, 3.8) is 0 Å². The van der Waals surface area contributed by atoms with Crippen LogP contribution in [0.5, 0.6) is 5.75 Å². The molecular weight excluding hydrogens is 358 g/mol. The van der Waals surface area contributed by atoms with E-state index in [0.717, 1.165) is 12.2 Å². The number of nitrogens with one attached hydrogen (secondary N) is 1. The third-order valence-corrected chi connectivity index (χ3v) is 3.89. The minimum Gasteiger partial charge on any atom is -0.494 e. The molecule has 0 spiro atoms. The minimum absolute atomic E-state index is 0.0521. The van der Waals surface area contributed by atoms with Crippen LogP contribution in [-0.2, 0) is 9.53 Å². The molecular formula is C22H25NO5. The molecule has 0 saturated carbocycles. The highest BCUT2D eigenvalue weighted by atomic mass is 16.5. The number of esters is 1. The summed E-state index contributed by atoms with van der Waals surface area (Å²) in [4.78, 5) is 36.1. The van der Waals surface area contributed by atoms with Crippen molar-refractivity contribution in [3.8, 4) is 5.75 Å². The molecule has 0 heterocycles. The minimum atomic E-state index is -0.444. The Hall–Kier alpha value is -3.15. The van der Waals surface area contributed by atoms with E-state index >= 15 is 0 Å². The number of carbonyl (C=O) groups excluding carboxylic acids is 3. The molecule has 0 bridgehead atoms. The number of hydrogen-bond donors (Lipinski definition) is 1. The maximum absolute atomic E-state index is 12.3. The van der Waals surface area contributed by atoms with Crippen LogP contribution in [0.4, 0.5) is 5.69 Å². The van der Waals surface area contributed by atoms with Crippen LogP contribution in [0.3, 0.4) is 0 Å². The largest absolute Gasteiger partial charge is 0.494 e. The van der Waals surface area contributed by atoms with Crippen LogP contribution in [0.15, 0.2) is 48.5 Å². The molecule has 6 heteroatoms. The van der Waals surface area contributed by atoms with Gasteiger partial charge >= 0.3 is 5.97 Å². The molecule has 2 rings (SSSR count). The Morgan fingerprint density at radius 3 is 2.36 bits per heavy atom. The van der Waals surface area contributed by atoms with Crippen molar-refractivity contribution in [2.75, 3.05) is 18.5 Å². The zero-order valence-corrected chi connectivity index (χ0v) is 16.2. The summed E-state index contributed by atoms with van der Waals surface area (Å²) in [7, 11) is 0. The normalized spacial score (nSPS) is 10.2. The lowest BCUT2D eigenvalue weighted by molar-refractivity contribution is -0.116. The van der Waals surface area contributed by atoms with Gasteiger partial charge in [0.2, 0.25) is 5.91 Å². The van der Waals surface area contributed by atoms with Gasteiger partial charge in [0.25, 0.3) is 0 Å². The van der Waals surface area contributed by atoms with Crippen LogP contribution in [-0.4, -0.2) is 30.9 Å². The van der Waals surface area contributed by atoms with Crippen molar-refractivity contribution < 1.29 is 23.9 Å². The third kappa shape index (κ3) is 6.54. The fourth-order valence-corrected chi connectivity index (χ4v) is 2.49. The zero-order valence-electron chi connectivity index (χ0n) is 16.2. The number of hydrogen-bond acceptors (Lipinski definition) is 5. The van der Waals surface area contributed by atoms with Crippen LogP contribution in [0.25, 0.3) is 0 Å². The van der Waals surface area contributed by atoms with Gasteiger partial charge in [0.05, 0.1) is 18.8 Å². The second-order valence-corrected chi connectivity index (χ2v) is 6.15. The van der Waals surface area contributed by atoms with Gasteiger partial charge in [-0.3, -0.25) is 9.59 Å². The van der Waals surface area contributed by atoms with E-state index in [1.54, 1.807) is 55.5 Å². The van der Waals surface area contributed by atoms with Gasteiger partial charge in [-0.15, -0.1) is 0 Å². The van der Waals surface area contributed by atoms with Crippen LogP contribution in [0, 0.1) is 0 Å². The van der Waals surface area contributed by atoms with Crippen molar-refractivity contribution in [2.45, 2.75) is 33.1 Å². The molecule has 0 saturated heterocycles. The number of ether oxygens (including phenoxy) is 2. The summed E-state index contributed by atoms with van der Waals surface area (Å²) >= 11 is 0.